The quantitative estimate of drug-likeness (QED) is 0.360. The molecule has 3 aromatic carbocycles. The standard InChI is InChI=1S/C25H22N4O2S/c1-16-11-12-17(2)18(13-16)15-32-25-27-26-24-28(19-7-6-8-20(14-19)31-3)23(30)21-9-4-5-10-22(21)29(24)25/h4-14H,15H2,1-3H3. The summed E-state index contributed by atoms with van der Waals surface area (Å²) in [6, 6.07) is 21.5. The van der Waals surface area contributed by atoms with Crippen molar-refractivity contribution in [2.24, 2.45) is 0 Å². The number of methoxy groups -OCH3 is 1. The van der Waals surface area contributed by atoms with Crippen LogP contribution in [0.1, 0.15) is 16.7 Å². The highest BCUT2D eigenvalue weighted by Crippen LogP contribution is 2.27. The monoisotopic (exact) mass is 442 g/mol. The van der Waals surface area contributed by atoms with Gasteiger partial charge < -0.3 is 4.74 Å². The first-order chi connectivity index (χ1) is 15.6. The predicted molar refractivity (Wildman–Crippen MR) is 128 cm³/mol. The van der Waals surface area contributed by atoms with Crippen molar-refractivity contribution in [3.63, 3.8) is 0 Å². The normalized spacial score (nSPS) is 11.3. The van der Waals surface area contributed by atoms with Crippen LogP contribution in [-0.4, -0.2) is 26.3 Å². The second kappa shape index (κ2) is 8.16. The van der Waals surface area contributed by atoms with Crippen LogP contribution in [0.15, 0.2) is 76.7 Å². The highest BCUT2D eigenvalue weighted by molar-refractivity contribution is 7.98. The zero-order valence-corrected chi connectivity index (χ0v) is 18.9. The summed E-state index contributed by atoms with van der Waals surface area (Å²) in [6.07, 6.45) is 0. The van der Waals surface area contributed by atoms with Gasteiger partial charge >= 0.3 is 0 Å². The van der Waals surface area contributed by atoms with Crippen molar-refractivity contribution in [1.29, 1.82) is 0 Å². The molecule has 0 radical (unpaired) electrons. The summed E-state index contributed by atoms with van der Waals surface area (Å²) in [5.41, 5.74) is 5.07. The molecule has 0 aliphatic heterocycles. The minimum Gasteiger partial charge on any atom is -0.497 e. The van der Waals surface area contributed by atoms with Gasteiger partial charge in [0, 0.05) is 11.8 Å². The summed E-state index contributed by atoms with van der Waals surface area (Å²) in [5.74, 6) is 1.91. The van der Waals surface area contributed by atoms with E-state index in [-0.39, 0.29) is 5.56 Å². The van der Waals surface area contributed by atoms with E-state index >= 15 is 0 Å². The van der Waals surface area contributed by atoms with Gasteiger partial charge in [-0.25, -0.2) is 4.57 Å². The summed E-state index contributed by atoms with van der Waals surface area (Å²) in [7, 11) is 1.61. The fourth-order valence-electron chi connectivity index (χ4n) is 3.85. The molecule has 0 aliphatic rings. The topological polar surface area (TPSA) is 61.4 Å². The van der Waals surface area contributed by atoms with Gasteiger partial charge in [-0.2, -0.15) is 0 Å². The molecule has 6 nitrogen and oxygen atoms in total. The maximum absolute atomic E-state index is 13.4. The van der Waals surface area contributed by atoms with Gasteiger partial charge in [-0.05, 0) is 49.2 Å². The van der Waals surface area contributed by atoms with Crippen molar-refractivity contribution in [2.45, 2.75) is 24.8 Å². The zero-order chi connectivity index (χ0) is 22.2. The largest absolute Gasteiger partial charge is 0.497 e. The van der Waals surface area contributed by atoms with Crippen molar-refractivity contribution in [3.05, 3.63) is 93.8 Å². The van der Waals surface area contributed by atoms with Crippen LogP contribution in [0.3, 0.4) is 0 Å². The first-order valence-electron chi connectivity index (χ1n) is 10.3. The third-order valence-electron chi connectivity index (χ3n) is 5.57. The number of hydrogen-bond donors (Lipinski definition) is 0. The molecule has 32 heavy (non-hydrogen) atoms. The molecule has 0 saturated carbocycles. The number of fused-ring (bicyclic) bond motifs is 3. The number of rotatable bonds is 5. The van der Waals surface area contributed by atoms with Gasteiger partial charge in [0.2, 0.25) is 5.78 Å². The summed E-state index contributed by atoms with van der Waals surface area (Å²) >= 11 is 1.61. The van der Waals surface area contributed by atoms with E-state index in [0.29, 0.717) is 22.6 Å². The molecule has 5 rings (SSSR count). The molecule has 0 unspecified atom stereocenters. The summed E-state index contributed by atoms with van der Waals surface area (Å²) in [4.78, 5) is 13.4. The van der Waals surface area contributed by atoms with Crippen LogP contribution in [0, 0.1) is 13.8 Å². The van der Waals surface area contributed by atoms with E-state index in [4.69, 9.17) is 4.74 Å². The first kappa shape index (κ1) is 20.3. The van der Waals surface area contributed by atoms with Crippen molar-refractivity contribution >= 4 is 28.4 Å². The lowest BCUT2D eigenvalue weighted by Gasteiger charge is -2.12. The van der Waals surface area contributed by atoms with Crippen molar-refractivity contribution in [3.8, 4) is 11.4 Å². The number of nitrogens with zero attached hydrogens (tertiary/aromatic N) is 4. The summed E-state index contributed by atoms with van der Waals surface area (Å²) < 4.78 is 8.93. The molecule has 0 aliphatic carbocycles. The Morgan fingerprint density at radius 1 is 0.969 bits per heavy atom. The van der Waals surface area contributed by atoms with E-state index in [0.717, 1.165) is 16.4 Å². The smallest absolute Gasteiger partial charge is 0.267 e. The lowest BCUT2D eigenvalue weighted by Crippen LogP contribution is -2.21. The van der Waals surface area contributed by atoms with Gasteiger partial charge in [0.25, 0.3) is 5.56 Å². The number of benzene rings is 3. The maximum atomic E-state index is 13.4. The van der Waals surface area contributed by atoms with Gasteiger partial charge in [0.1, 0.15) is 5.75 Å². The maximum Gasteiger partial charge on any atom is 0.267 e. The zero-order valence-electron chi connectivity index (χ0n) is 18.1. The number of thioether (sulfide) groups is 1. The second-order valence-electron chi connectivity index (χ2n) is 7.70. The number of para-hydroxylation sites is 1. The number of hydrogen-bond acceptors (Lipinski definition) is 5. The highest BCUT2D eigenvalue weighted by atomic mass is 32.2. The van der Waals surface area contributed by atoms with Gasteiger partial charge in [-0.3, -0.25) is 9.20 Å². The fourth-order valence-corrected chi connectivity index (χ4v) is 4.86. The van der Waals surface area contributed by atoms with Gasteiger partial charge in [0.05, 0.1) is 23.7 Å². The molecule has 0 atom stereocenters. The van der Waals surface area contributed by atoms with Crippen molar-refractivity contribution < 1.29 is 4.74 Å². The van der Waals surface area contributed by atoms with Crippen LogP contribution < -0.4 is 10.3 Å². The lowest BCUT2D eigenvalue weighted by atomic mass is 10.1. The fraction of sp³-hybridized carbons (Fsp3) is 0.160. The highest BCUT2D eigenvalue weighted by Gasteiger charge is 2.18. The third-order valence-corrected chi connectivity index (χ3v) is 6.55. The summed E-state index contributed by atoms with van der Waals surface area (Å²) in [6.45, 7) is 4.22. The number of ether oxygens (including phenoxy) is 1. The Hall–Kier alpha value is -3.58. The molecule has 7 heteroatoms. The Morgan fingerprint density at radius 2 is 1.81 bits per heavy atom. The predicted octanol–water partition coefficient (Wildman–Crippen LogP) is 4.95. The molecule has 0 bridgehead atoms. The molecule has 0 fully saturated rings. The summed E-state index contributed by atoms with van der Waals surface area (Å²) in [5, 5.41) is 10.2. The van der Waals surface area contributed by atoms with Crippen LogP contribution in [0.2, 0.25) is 0 Å². The van der Waals surface area contributed by atoms with E-state index in [9.17, 15) is 4.79 Å². The molecule has 0 saturated heterocycles. The Morgan fingerprint density at radius 3 is 2.66 bits per heavy atom. The van der Waals surface area contributed by atoms with Crippen LogP contribution in [0.5, 0.6) is 5.75 Å². The van der Waals surface area contributed by atoms with E-state index in [1.165, 1.54) is 16.7 Å². The van der Waals surface area contributed by atoms with Gasteiger partial charge in [0.15, 0.2) is 5.16 Å². The van der Waals surface area contributed by atoms with Crippen molar-refractivity contribution in [2.75, 3.05) is 7.11 Å². The van der Waals surface area contributed by atoms with Gasteiger partial charge in [-0.15, -0.1) is 10.2 Å². The van der Waals surface area contributed by atoms with E-state index < -0.39 is 0 Å². The molecular weight excluding hydrogens is 420 g/mol. The van der Waals surface area contributed by atoms with E-state index in [1.54, 1.807) is 23.4 Å². The minimum absolute atomic E-state index is 0.139. The molecule has 2 heterocycles. The van der Waals surface area contributed by atoms with Crippen molar-refractivity contribution in [1.82, 2.24) is 19.2 Å². The van der Waals surface area contributed by atoms with Crippen LogP contribution in [0.4, 0.5) is 0 Å². The van der Waals surface area contributed by atoms with Crippen LogP contribution in [0.25, 0.3) is 22.4 Å². The molecule has 0 N–H and O–H groups in total. The molecule has 0 spiro atoms. The first-order valence-corrected chi connectivity index (χ1v) is 11.3. The second-order valence-corrected chi connectivity index (χ2v) is 8.64. The minimum atomic E-state index is -0.139. The average molecular weight is 443 g/mol. The molecular formula is C25H22N4O2S. The molecule has 160 valence electrons. The lowest BCUT2D eigenvalue weighted by molar-refractivity contribution is 0.414. The number of aryl methyl sites for hydroxylation is 2. The Balaban J connectivity index is 1.71. The number of aromatic nitrogens is 4. The van der Waals surface area contributed by atoms with Gasteiger partial charge in [-0.1, -0.05) is 53.7 Å². The Bertz CT molecular complexity index is 1520. The molecule has 5 aromatic rings. The van der Waals surface area contributed by atoms with E-state index in [2.05, 4.69) is 42.2 Å². The average Bonchev–Trinajstić information content (AvgIpc) is 3.23. The van der Waals surface area contributed by atoms with E-state index in [1.807, 2.05) is 52.9 Å². The van der Waals surface area contributed by atoms with Crippen LogP contribution in [-0.2, 0) is 5.75 Å². The van der Waals surface area contributed by atoms with Crippen LogP contribution >= 0.6 is 11.8 Å². The third kappa shape index (κ3) is 3.44. The Kier molecular flexibility index (Phi) is 5.19. The molecule has 0 amide bonds. The SMILES string of the molecule is COc1cccc(-n2c(=O)c3ccccc3n3c(SCc4cc(C)ccc4C)nnc23)c1. The molecule has 2 aromatic heterocycles. The Labute approximate surface area is 189 Å².